The number of amides is 1. The van der Waals surface area contributed by atoms with Crippen molar-refractivity contribution < 1.29 is 24.5 Å². The molecule has 1 aromatic rings. The van der Waals surface area contributed by atoms with E-state index >= 15 is 0 Å². The Labute approximate surface area is 151 Å². The van der Waals surface area contributed by atoms with E-state index in [4.69, 9.17) is 15.9 Å². The lowest BCUT2D eigenvalue weighted by Crippen LogP contribution is -2.36. The van der Waals surface area contributed by atoms with E-state index in [2.05, 4.69) is 16.2 Å². The lowest BCUT2D eigenvalue weighted by molar-refractivity contribution is -0.0350. The second-order valence-electron chi connectivity index (χ2n) is 7.31. The molecular formula is C17H23N3O6. The molecule has 1 aromatic heterocycles. The fourth-order valence-electron chi connectivity index (χ4n) is 2.32. The van der Waals surface area contributed by atoms with Crippen LogP contribution in [0.3, 0.4) is 0 Å². The van der Waals surface area contributed by atoms with E-state index < -0.39 is 36.3 Å². The van der Waals surface area contributed by atoms with Gasteiger partial charge in [-0.15, -0.1) is 6.42 Å². The minimum absolute atomic E-state index is 0.0992. The molecule has 1 saturated heterocycles. The summed E-state index contributed by atoms with van der Waals surface area (Å²) in [6.07, 6.45) is 1.61. The number of aromatic nitrogens is 2. The third-order valence-electron chi connectivity index (χ3n) is 3.72. The summed E-state index contributed by atoms with van der Waals surface area (Å²) >= 11 is 0. The highest BCUT2D eigenvalue weighted by Crippen LogP contribution is 2.28. The Morgan fingerprint density at radius 1 is 1.46 bits per heavy atom. The van der Waals surface area contributed by atoms with Gasteiger partial charge in [0.25, 0.3) is 0 Å². The second kappa shape index (κ2) is 7.45. The van der Waals surface area contributed by atoms with E-state index in [0.717, 1.165) is 4.57 Å². The highest BCUT2D eigenvalue weighted by molar-refractivity contribution is 5.84. The van der Waals surface area contributed by atoms with Crippen molar-refractivity contribution in [2.75, 3.05) is 11.9 Å². The number of hydrogen-bond acceptors (Lipinski definition) is 7. The molecule has 3 N–H and O–H groups in total. The zero-order valence-corrected chi connectivity index (χ0v) is 15.1. The van der Waals surface area contributed by atoms with E-state index in [1.807, 2.05) is 20.8 Å². The van der Waals surface area contributed by atoms with Crippen LogP contribution in [-0.2, 0) is 9.47 Å². The van der Waals surface area contributed by atoms with Gasteiger partial charge in [-0.25, -0.2) is 9.59 Å². The normalized spacial score (nSPS) is 25.6. The Hall–Kier alpha value is -2.41. The molecule has 0 saturated carbocycles. The van der Waals surface area contributed by atoms with Crippen molar-refractivity contribution in [3.8, 4) is 12.3 Å². The summed E-state index contributed by atoms with van der Waals surface area (Å²) in [5, 5.41) is 22.2. The highest BCUT2D eigenvalue weighted by atomic mass is 16.6. The van der Waals surface area contributed by atoms with Crippen molar-refractivity contribution in [1.29, 1.82) is 0 Å². The summed E-state index contributed by atoms with van der Waals surface area (Å²) in [5.74, 6) is 2.18. The number of nitrogens with one attached hydrogen (secondary N) is 1. The molecule has 1 aliphatic rings. The van der Waals surface area contributed by atoms with Crippen LogP contribution in [0.1, 0.15) is 39.5 Å². The average molecular weight is 365 g/mol. The molecule has 1 fully saturated rings. The standard InChI is InChI=1S/C17H23N3O6/c1-6-10-7-20(14-12(22)11(21)9(2)26-14)15(23)18-13(10)19-16(24)25-8-17(3,4)5/h1,7,9,11-12,14,21-22H,8H2,2-5H3,(H,18,19,23,24)/t9-,11?,12?,14-/m1/s1. The van der Waals surface area contributed by atoms with Crippen LogP contribution in [-0.4, -0.2) is 50.8 Å². The van der Waals surface area contributed by atoms with Gasteiger partial charge in [0.1, 0.15) is 12.2 Å². The first-order valence-corrected chi connectivity index (χ1v) is 8.08. The van der Waals surface area contributed by atoms with Crippen LogP contribution in [0.25, 0.3) is 0 Å². The fraction of sp³-hybridized carbons (Fsp3) is 0.588. The van der Waals surface area contributed by atoms with Crippen LogP contribution in [0.15, 0.2) is 11.0 Å². The Morgan fingerprint density at radius 2 is 2.12 bits per heavy atom. The summed E-state index contributed by atoms with van der Waals surface area (Å²) in [6, 6.07) is 0. The van der Waals surface area contributed by atoms with Crippen molar-refractivity contribution in [3.05, 3.63) is 22.2 Å². The van der Waals surface area contributed by atoms with E-state index in [9.17, 15) is 19.8 Å². The lowest BCUT2D eigenvalue weighted by atomic mass is 9.99. The van der Waals surface area contributed by atoms with Crippen LogP contribution in [0.4, 0.5) is 10.6 Å². The quantitative estimate of drug-likeness (QED) is 0.665. The second-order valence-corrected chi connectivity index (χ2v) is 7.31. The molecular weight excluding hydrogens is 342 g/mol. The number of terminal acetylenes is 1. The van der Waals surface area contributed by atoms with Crippen LogP contribution in [0, 0.1) is 17.8 Å². The van der Waals surface area contributed by atoms with Gasteiger partial charge in [-0.3, -0.25) is 9.88 Å². The van der Waals surface area contributed by atoms with Gasteiger partial charge in [0.15, 0.2) is 12.0 Å². The molecule has 9 heteroatoms. The SMILES string of the molecule is C#Cc1cn([C@@H]2O[C@H](C)C(O)C2O)c(=O)nc1NC(=O)OCC(C)(C)C. The molecule has 1 aliphatic heterocycles. The molecule has 2 heterocycles. The maximum absolute atomic E-state index is 12.3. The van der Waals surface area contributed by atoms with Gasteiger partial charge in [-0.2, -0.15) is 4.98 Å². The zero-order chi connectivity index (χ0) is 19.6. The molecule has 0 radical (unpaired) electrons. The maximum atomic E-state index is 12.3. The third-order valence-corrected chi connectivity index (χ3v) is 3.72. The number of anilines is 1. The number of aliphatic hydroxyl groups excluding tert-OH is 2. The molecule has 9 nitrogen and oxygen atoms in total. The predicted molar refractivity (Wildman–Crippen MR) is 92.5 cm³/mol. The smallest absolute Gasteiger partial charge is 0.412 e. The van der Waals surface area contributed by atoms with E-state index in [1.54, 1.807) is 6.92 Å². The van der Waals surface area contributed by atoms with Gasteiger partial charge < -0.3 is 19.7 Å². The van der Waals surface area contributed by atoms with Crippen LogP contribution in [0.2, 0.25) is 0 Å². The molecule has 2 unspecified atom stereocenters. The van der Waals surface area contributed by atoms with Gasteiger partial charge in [0.05, 0.1) is 18.3 Å². The van der Waals surface area contributed by atoms with E-state index in [0.29, 0.717) is 0 Å². The fourth-order valence-corrected chi connectivity index (χ4v) is 2.32. The molecule has 4 atom stereocenters. The Morgan fingerprint density at radius 3 is 2.62 bits per heavy atom. The van der Waals surface area contributed by atoms with Crippen molar-refractivity contribution >= 4 is 11.9 Å². The lowest BCUT2D eigenvalue weighted by Gasteiger charge is -2.19. The molecule has 0 bridgehead atoms. The first-order chi connectivity index (χ1) is 12.0. The van der Waals surface area contributed by atoms with Crippen LogP contribution < -0.4 is 11.0 Å². The first kappa shape index (κ1) is 19.9. The van der Waals surface area contributed by atoms with Crippen LogP contribution in [0.5, 0.6) is 0 Å². The molecule has 26 heavy (non-hydrogen) atoms. The molecule has 0 aromatic carbocycles. The van der Waals surface area contributed by atoms with Gasteiger partial charge in [0, 0.05) is 6.20 Å². The average Bonchev–Trinajstić information content (AvgIpc) is 2.80. The number of nitrogens with zero attached hydrogens (tertiary/aromatic N) is 2. The van der Waals surface area contributed by atoms with Crippen molar-refractivity contribution in [2.45, 2.75) is 52.2 Å². The van der Waals surface area contributed by atoms with Gasteiger partial charge in [-0.1, -0.05) is 26.7 Å². The highest BCUT2D eigenvalue weighted by Gasteiger charge is 2.42. The van der Waals surface area contributed by atoms with Gasteiger partial charge in [0.2, 0.25) is 0 Å². The Kier molecular flexibility index (Phi) is 5.71. The largest absolute Gasteiger partial charge is 0.449 e. The number of ether oxygens (including phenoxy) is 2. The zero-order valence-electron chi connectivity index (χ0n) is 15.1. The topological polar surface area (TPSA) is 123 Å². The van der Waals surface area contributed by atoms with E-state index in [-0.39, 0.29) is 23.4 Å². The minimum Gasteiger partial charge on any atom is -0.449 e. The summed E-state index contributed by atoms with van der Waals surface area (Å²) in [4.78, 5) is 27.9. The minimum atomic E-state index is -1.31. The van der Waals surface area contributed by atoms with Gasteiger partial charge in [-0.05, 0) is 12.3 Å². The first-order valence-electron chi connectivity index (χ1n) is 8.08. The predicted octanol–water partition coefficient (Wildman–Crippen LogP) is 0.458. The summed E-state index contributed by atoms with van der Waals surface area (Å²) < 4.78 is 11.4. The summed E-state index contributed by atoms with van der Waals surface area (Å²) in [5.41, 5.74) is -0.932. The number of carbonyl (C=O) groups is 1. The van der Waals surface area contributed by atoms with E-state index in [1.165, 1.54) is 6.20 Å². The summed E-state index contributed by atoms with van der Waals surface area (Å²) in [7, 11) is 0. The molecule has 0 aliphatic carbocycles. The number of rotatable bonds is 3. The number of hydrogen-bond donors (Lipinski definition) is 3. The molecule has 2 rings (SSSR count). The molecule has 1 amide bonds. The monoisotopic (exact) mass is 365 g/mol. The van der Waals surface area contributed by atoms with Gasteiger partial charge >= 0.3 is 11.8 Å². The summed E-state index contributed by atoms with van der Waals surface area (Å²) in [6.45, 7) is 7.42. The maximum Gasteiger partial charge on any atom is 0.412 e. The van der Waals surface area contributed by atoms with Crippen molar-refractivity contribution in [1.82, 2.24) is 9.55 Å². The Balaban J connectivity index is 2.24. The molecule has 0 spiro atoms. The van der Waals surface area contributed by atoms with Crippen molar-refractivity contribution in [2.24, 2.45) is 5.41 Å². The molecule has 142 valence electrons. The van der Waals surface area contributed by atoms with Crippen molar-refractivity contribution in [3.63, 3.8) is 0 Å². The Bertz CT molecular complexity index is 776. The third kappa shape index (κ3) is 4.40. The number of carbonyl (C=O) groups excluding carboxylic acids is 1. The van der Waals surface area contributed by atoms with Crippen LogP contribution >= 0.6 is 0 Å². The number of aliphatic hydroxyl groups is 2.